The number of rotatable bonds is 4. The van der Waals surface area contributed by atoms with Crippen LogP contribution in [0.2, 0.25) is 0 Å². The smallest absolute Gasteiger partial charge is 0.270 e. The number of hydrogen-bond donors (Lipinski definition) is 2. The first-order chi connectivity index (χ1) is 12.7. The molecule has 0 aliphatic carbocycles. The molecule has 129 valence electrons. The molecule has 0 aliphatic rings. The topological polar surface area (TPSA) is 114 Å². The summed E-state index contributed by atoms with van der Waals surface area (Å²) in [6.45, 7) is 0. The molecular weight excluding hydrogens is 359 g/mol. The summed E-state index contributed by atoms with van der Waals surface area (Å²) in [7, 11) is 0. The third kappa shape index (κ3) is 3.90. The molecule has 4 aromatic rings. The largest absolute Gasteiger partial charge is 0.456 e. The quantitative estimate of drug-likeness (QED) is 0.525. The number of carbonyl (C=O) groups is 1. The number of carbonyl (C=O) groups excluding carboxylic acids is 1. The van der Waals surface area contributed by atoms with Gasteiger partial charge in [-0.3, -0.25) is 19.3 Å². The van der Waals surface area contributed by atoms with E-state index in [-0.39, 0.29) is 52.4 Å². The molecule has 4 rings (SSSR count). The van der Waals surface area contributed by atoms with Crippen molar-refractivity contribution in [1.29, 1.82) is 0 Å². The standard InChI is InChI=1S/C17H12N6O3.Na/c24-14-10-13(26-11-6-2-1-3-7-11)15(12-8-4-5-9-23(12)14)16(25)18-17-19-21-22-20-17;/h1-10H,(H2,18,19,20,21,22,25);. The number of pyridine rings is 2. The predicted octanol–water partition coefficient (Wildman–Crippen LogP) is 1.48. The van der Waals surface area contributed by atoms with Crippen LogP contribution in [0.1, 0.15) is 10.4 Å². The molecule has 0 saturated heterocycles. The molecule has 0 spiro atoms. The molecule has 0 bridgehead atoms. The number of tetrazole rings is 1. The second-order valence-electron chi connectivity index (χ2n) is 5.28. The van der Waals surface area contributed by atoms with Crippen molar-refractivity contribution in [3.8, 4) is 11.5 Å². The number of aromatic nitrogens is 5. The minimum atomic E-state index is -0.527. The van der Waals surface area contributed by atoms with E-state index in [4.69, 9.17) is 4.74 Å². The van der Waals surface area contributed by atoms with E-state index in [1.807, 2.05) is 6.07 Å². The van der Waals surface area contributed by atoms with Crippen molar-refractivity contribution in [1.82, 2.24) is 25.0 Å². The molecule has 3 aromatic heterocycles. The number of ether oxygens (including phenoxy) is 1. The van der Waals surface area contributed by atoms with Gasteiger partial charge < -0.3 is 4.74 Å². The molecule has 1 radical (unpaired) electrons. The second kappa shape index (κ2) is 8.12. The van der Waals surface area contributed by atoms with Gasteiger partial charge in [0.2, 0.25) is 0 Å². The van der Waals surface area contributed by atoms with Crippen LogP contribution in [0.5, 0.6) is 11.5 Å². The molecule has 0 atom stereocenters. The third-order valence-corrected chi connectivity index (χ3v) is 3.62. The molecule has 3 heterocycles. The Balaban J connectivity index is 0.00000210. The summed E-state index contributed by atoms with van der Waals surface area (Å²) in [5, 5.41) is 15.6. The van der Waals surface area contributed by atoms with Crippen LogP contribution >= 0.6 is 0 Å². The molecule has 1 amide bonds. The summed E-state index contributed by atoms with van der Waals surface area (Å²) < 4.78 is 7.16. The number of nitrogens with one attached hydrogen (secondary N) is 2. The Labute approximate surface area is 174 Å². The van der Waals surface area contributed by atoms with Gasteiger partial charge in [0, 0.05) is 41.8 Å². The van der Waals surface area contributed by atoms with Gasteiger partial charge in [-0.2, -0.15) is 5.21 Å². The fourth-order valence-electron chi connectivity index (χ4n) is 2.52. The number of para-hydroxylation sites is 1. The maximum absolute atomic E-state index is 12.8. The number of benzene rings is 1. The minimum Gasteiger partial charge on any atom is -0.456 e. The Hall–Kier alpha value is -3.01. The van der Waals surface area contributed by atoms with Gasteiger partial charge in [0.1, 0.15) is 17.1 Å². The molecule has 0 fully saturated rings. The molecule has 0 saturated carbocycles. The first-order valence-electron chi connectivity index (χ1n) is 7.64. The number of fused-ring (bicyclic) bond motifs is 1. The molecule has 27 heavy (non-hydrogen) atoms. The first-order valence-corrected chi connectivity index (χ1v) is 7.64. The van der Waals surface area contributed by atoms with Gasteiger partial charge in [0.15, 0.2) is 0 Å². The first kappa shape index (κ1) is 18.8. The van der Waals surface area contributed by atoms with E-state index in [1.54, 1.807) is 48.7 Å². The Morgan fingerprint density at radius 3 is 2.63 bits per heavy atom. The van der Waals surface area contributed by atoms with E-state index in [0.717, 1.165) is 0 Å². The van der Waals surface area contributed by atoms with Crippen LogP contribution in [0.3, 0.4) is 0 Å². The number of hydrogen-bond acceptors (Lipinski definition) is 6. The fraction of sp³-hybridized carbons (Fsp3) is 0. The van der Waals surface area contributed by atoms with E-state index < -0.39 is 5.91 Å². The summed E-state index contributed by atoms with van der Waals surface area (Å²) in [6, 6.07) is 15.2. The monoisotopic (exact) mass is 371 g/mol. The van der Waals surface area contributed by atoms with Crippen molar-refractivity contribution in [2.45, 2.75) is 0 Å². The Kier molecular flexibility index (Phi) is 5.65. The zero-order chi connectivity index (χ0) is 17.9. The van der Waals surface area contributed by atoms with Gasteiger partial charge in [-0.1, -0.05) is 29.4 Å². The Morgan fingerprint density at radius 1 is 1.11 bits per heavy atom. The summed E-state index contributed by atoms with van der Waals surface area (Å²) >= 11 is 0. The molecule has 0 unspecified atom stereocenters. The summed E-state index contributed by atoms with van der Waals surface area (Å²) in [5.41, 5.74) is 0.258. The zero-order valence-electron chi connectivity index (χ0n) is 14.3. The van der Waals surface area contributed by atoms with Gasteiger partial charge in [-0.25, -0.2) is 0 Å². The number of H-pyrrole nitrogens is 1. The molecule has 0 aliphatic heterocycles. The van der Waals surface area contributed by atoms with E-state index in [1.165, 1.54) is 10.5 Å². The van der Waals surface area contributed by atoms with Gasteiger partial charge in [-0.15, -0.1) is 5.10 Å². The van der Waals surface area contributed by atoms with Crippen LogP contribution in [0.25, 0.3) is 5.52 Å². The maximum Gasteiger partial charge on any atom is 0.270 e. The third-order valence-electron chi connectivity index (χ3n) is 3.62. The van der Waals surface area contributed by atoms with Crippen molar-refractivity contribution in [3.63, 3.8) is 0 Å². The molecule has 9 nitrogen and oxygen atoms in total. The van der Waals surface area contributed by atoms with Crippen molar-refractivity contribution in [3.05, 3.63) is 76.7 Å². The van der Waals surface area contributed by atoms with Gasteiger partial charge in [0.25, 0.3) is 17.4 Å². The Bertz CT molecular complexity index is 1130. The van der Waals surface area contributed by atoms with Crippen molar-refractivity contribution >= 4 is 46.9 Å². The molecular formula is C17H12N6NaO3. The number of aromatic amines is 1. The maximum atomic E-state index is 12.8. The van der Waals surface area contributed by atoms with Crippen LogP contribution in [0.4, 0.5) is 5.95 Å². The van der Waals surface area contributed by atoms with Gasteiger partial charge in [-0.05, 0) is 29.5 Å². The minimum absolute atomic E-state index is 0. The number of amides is 1. The predicted molar refractivity (Wildman–Crippen MR) is 98.1 cm³/mol. The number of nitrogens with zero attached hydrogens (tertiary/aromatic N) is 4. The van der Waals surface area contributed by atoms with Crippen molar-refractivity contribution in [2.75, 3.05) is 5.32 Å². The molecule has 1 aromatic carbocycles. The zero-order valence-corrected chi connectivity index (χ0v) is 16.3. The average Bonchev–Trinajstić information content (AvgIpc) is 3.16. The van der Waals surface area contributed by atoms with E-state index >= 15 is 0 Å². The van der Waals surface area contributed by atoms with Crippen LogP contribution in [0, 0.1) is 0 Å². The van der Waals surface area contributed by atoms with Crippen LogP contribution < -0.4 is 15.6 Å². The fourth-order valence-corrected chi connectivity index (χ4v) is 2.52. The van der Waals surface area contributed by atoms with Crippen LogP contribution in [-0.2, 0) is 0 Å². The van der Waals surface area contributed by atoms with E-state index in [0.29, 0.717) is 11.3 Å². The summed E-state index contributed by atoms with van der Waals surface area (Å²) in [5.74, 6) is 0.121. The molecule has 10 heteroatoms. The average molecular weight is 371 g/mol. The molecule has 2 N–H and O–H groups in total. The van der Waals surface area contributed by atoms with Crippen molar-refractivity contribution in [2.24, 2.45) is 0 Å². The summed E-state index contributed by atoms with van der Waals surface area (Å²) in [6.07, 6.45) is 1.58. The Morgan fingerprint density at radius 2 is 1.89 bits per heavy atom. The number of anilines is 1. The normalized spacial score (nSPS) is 10.2. The SMILES string of the molecule is O=C(Nc1nn[nH]n1)c1c(Oc2ccccc2)cc(=O)n2ccccc12.[Na]. The van der Waals surface area contributed by atoms with Crippen LogP contribution in [-0.4, -0.2) is 60.5 Å². The van der Waals surface area contributed by atoms with Crippen molar-refractivity contribution < 1.29 is 9.53 Å². The summed E-state index contributed by atoms with van der Waals surface area (Å²) in [4.78, 5) is 25.2. The van der Waals surface area contributed by atoms with Gasteiger partial charge in [0.05, 0.1) is 5.52 Å². The van der Waals surface area contributed by atoms with Gasteiger partial charge >= 0.3 is 0 Å². The van der Waals surface area contributed by atoms with E-state index in [2.05, 4.69) is 25.9 Å². The second-order valence-corrected chi connectivity index (χ2v) is 5.28. The van der Waals surface area contributed by atoms with E-state index in [9.17, 15) is 9.59 Å². The van der Waals surface area contributed by atoms with Crippen LogP contribution in [0.15, 0.2) is 65.6 Å².